The van der Waals surface area contributed by atoms with E-state index < -0.39 is 0 Å². The number of thiophene rings is 1. The van der Waals surface area contributed by atoms with Crippen molar-refractivity contribution in [3.63, 3.8) is 0 Å². The Balaban J connectivity index is 1.94. The molecule has 2 rings (SSSR count). The van der Waals surface area contributed by atoms with Gasteiger partial charge in [-0.1, -0.05) is 6.42 Å². The van der Waals surface area contributed by atoms with Gasteiger partial charge in [-0.05, 0) is 45.1 Å². The van der Waals surface area contributed by atoms with Gasteiger partial charge in [0, 0.05) is 27.1 Å². The topological polar surface area (TPSA) is 12.0 Å². The maximum absolute atomic E-state index is 3.80. The molecule has 3 atom stereocenters. The van der Waals surface area contributed by atoms with E-state index in [-0.39, 0.29) is 0 Å². The summed E-state index contributed by atoms with van der Waals surface area (Å²) >= 11 is 3.94. The second-order valence-electron chi connectivity index (χ2n) is 4.65. The zero-order valence-corrected chi connectivity index (χ0v) is 12.0. The van der Waals surface area contributed by atoms with Crippen molar-refractivity contribution in [2.75, 3.05) is 6.26 Å². The van der Waals surface area contributed by atoms with Crippen molar-refractivity contribution >= 4 is 23.1 Å². The zero-order chi connectivity index (χ0) is 11.5. The molecule has 1 nitrogen and oxygen atoms in total. The van der Waals surface area contributed by atoms with Gasteiger partial charge in [0.2, 0.25) is 0 Å². The maximum atomic E-state index is 3.80. The van der Waals surface area contributed by atoms with E-state index in [1.54, 1.807) is 0 Å². The Kier molecular flexibility index (Phi) is 4.34. The van der Waals surface area contributed by atoms with E-state index >= 15 is 0 Å². The molecule has 90 valence electrons. The first kappa shape index (κ1) is 12.5. The molecule has 0 aromatic carbocycles. The van der Waals surface area contributed by atoms with E-state index in [2.05, 4.69) is 37.6 Å². The first-order valence-electron chi connectivity index (χ1n) is 6.06. The lowest BCUT2D eigenvalue weighted by Crippen LogP contribution is -2.35. The van der Waals surface area contributed by atoms with Crippen LogP contribution in [-0.2, 0) is 0 Å². The van der Waals surface area contributed by atoms with Crippen LogP contribution in [0.1, 0.15) is 42.0 Å². The summed E-state index contributed by atoms with van der Waals surface area (Å²) in [6, 6.07) is 5.71. The van der Waals surface area contributed by atoms with E-state index in [0.717, 1.165) is 5.25 Å². The molecular weight excluding hydrogens is 234 g/mol. The third kappa shape index (κ3) is 2.82. The summed E-state index contributed by atoms with van der Waals surface area (Å²) in [6.45, 7) is 4.47. The van der Waals surface area contributed by atoms with Crippen LogP contribution < -0.4 is 5.32 Å². The zero-order valence-electron chi connectivity index (χ0n) is 10.3. The second-order valence-corrected chi connectivity index (χ2v) is 7.04. The minimum atomic E-state index is 0.511. The summed E-state index contributed by atoms with van der Waals surface area (Å²) in [7, 11) is 0. The van der Waals surface area contributed by atoms with Crippen molar-refractivity contribution in [2.45, 2.75) is 50.4 Å². The van der Waals surface area contributed by atoms with Gasteiger partial charge in [-0.25, -0.2) is 0 Å². The van der Waals surface area contributed by atoms with Gasteiger partial charge in [0.05, 0.1) is 0 Å². The van der Waals surface area contributed by atoms with E-state index in [9.17, 15) is 0 Å². The molecule has 16 heavy (non-hydrogen) atoms. The van der Waals surface area contributed by atoms with Gasteiger partial charge in [0.25, 0.3) is 0 Å². The number of nitrogens with one attached hydrogen (secondary N) is 1. The lowest BCUT2D eigenvalue weighted by atomic mass is 10.2. The monoisotopic (exact) mass is 255 g/mol. The van der Waals surface area contributed by atoms with E-state index in [4.69, 9.17) is 0 Å². The van der Waals surface area contributed by atoms with Gasteiger partial charge in [0.1, 0.15) is 0 Å². The Morgan fingerprint density at radius 2 is 2.25 bits per heavy atom. The number of aryl methyl sites for hydroxylation is 1. The molecule has 3 heteroatoms. The molecule has 1 aliphatic rings. The van der Waals surface area contributed by atoms with Crippen LogP contribution in [-0.4, -0.2) is 17.5 Å². The molecule has 3 unspecified atom stereocenters. The maximum Gasteiger partial charge on any atom is 0.0388 e. The number of hydrogen-bond acceptors (Lipinski definition) is 3. The molecule has 0 bridgehead atoms. The van der Waals surface area contributed by atoms with Crippen LogP contribution >= 0.6 is 23.1 Å². The summed E-state index contributed by atoms with van der Waals surface area (Å²) in [5.41, 5.74) is 0. The van der Waals surface area contributed by atoms with Crippen molar-refractivity contribution in [3.05, 3.63) is 21.9 Å². The van der Waals surface area contributed by atoms with Gasteiger partial charge in [-0.2, -0.15) is 11.8 Å². The molecule has 1 saturated carbocycles. The highest BCUT2D eigenvalue weighted by atomic mass is 32.2. The van der Waals surface area contributed by atoms with E-state index in [0.29, 0.717) is 12.1 Å². The molecule has 0 spiro atoms. The molecule has 1 aromatic heterocycles. The van der Waals surface area contributed by atoms with Crippen LogP contribution in [0, 0.1) is 6.92 Å². The van der Waals surface area contributed by atoms with Crippen LogP contribution in [0.4, 0.5) is 0 Å². The van der Waals surface area contributed by atoms with Gasteiger partial charge >= 0.3 is 0 Å². The summed E-state index contributed by atoms with van der Waals surface area (Å²) in [6.07, 6.45) is 6.36. The molecule has 1 fully saturated rings. The number of hydrogen-bond donors (Lipinski definition) is 1. The Morgan fingerprint density at radius 3 is 2.88 bits per heavy atom. The van der Waals surface area contributed by atoms with Gasteiger partial charge < -0.3 is 5.32 Å². The highest BCUT2D eigenvalue weighted by Crippen LogP contribution is 2.31. The molecule has 1 aliphatic carbocycles. The minimum absolute atomic E-state index is 0.511. The molecule has 0 aliphatic heterocycles. The highest BCUT2D eigenvalue weighted by molar-refractivity contribution is 7.99. The predicted molar refractivity (Wildman–Crippen MR) is 75.5 cm³/mol. The van der Waals surface area contributed by atoms with E-state index in [1.165, 1.54) is 29.0 Å². The first-order chi connectivity index (χ1) is 7.70. The average molecular weight is 255 g/mol. The number of thioether (sulfide) groups is 1. The largest absolute Gasteiger partial charge is 0.306 e. The molecular formula is C13H21NS2. The average Bonchev–Trinajstić information content (AvgIpc) is 2.86. The van der Waals surface area contributed by atoms with E-state index in [1.807, 2.05) is 23.1 Å². The molecule has 1 aromatic rings. The summed E-state index contributed by atoms with van der Waals surface area (Å²) in [5.74, 6) is 0. The highest BCUT2D eigenvalue weighted by Gasteiger charge is 2.27. The van der Waals surface area contributed by atoms with Crippen molar-refractivity contribution < 1.29 is 0 Å². The molecule has 0 amide bonds. The summed E-state index contributed by atoms with van der Waals surface area (Å²) in [4.78, 5) is 2.89. The fourth-order valence-electron chi connectivity index (χ4n) is 2.49. The van der Waals surface area contributed by atoms with Crippen LogP contribution in [0.5, 0.6) is 0 Å². The van der Waals surface area contributed by atoms with Gasteiger partial charge in [0.15, 0.2) is 0 Å². The summed E-state index contributed by atoms with van der Waals surface area (Å²) in [5, 5.41) is 4.62. The Bertz CT molecular complexity index is 334. The van der Waals surface area contributed by atoms with Crippen molar-refractivity contribution in [1.82, 2.24) is 5.32 Å². The Labute approximate surface area is 107 Å². The molecule has 0 radical (unpaired) electrons. The Morgan fingerprint density at radius 1 is 1.44 bits per heavy atom. The van der Waals surface area contributed by atoms with Crippen LogP contribution in [0.3, 0.4) is 0 Å². The summed E-state index contributed by atoms with van der Waals surface area (Å²) < 4.78 is 0. The van der Waals surface area contributed by atoms with Crippen molar-refractivity contribution in [1.29, 1.82) is 0 Å². The van der Waals surface area contributed by atoms with Gasteiger partial charge in [-0.15, -0.1) is 11.3 Å². The predicted octanol–water partition coefficient (Wildman–Crippen LogP) is 3.99. The fourth-order valence-corrected chi connectivity index (χ4v) is 4.32. The lowest BCUT2D eigenvalue weighted by Gasteiger charge is -2.23. The minimum Gasteiger partial charge on any atom is -0.306 e. The first-order valence-corrected chi connectivity index (χ1v) is 8.16. The van der Waals surface area contributed by atoms with Crippen molar-refractivity contribution in [3.8, 4) is 0 Å². The van der Waals surface area contributed by atoms with Crippen LogP contribution in [0.2, 0.25) is 0 Å². The van der Waals surface area contributed by atoms with Crippen LogP contribution in [0.15, 0.2) is 12.1 Å². The molecule has 1 N–H and O–H groups in total. The standard InChI is InChI=1S/C13H21NS2/c1-9-7-8-12(16-9)10(2)14-11-5-4-6-13(11)15-3/h7-8,10-11,13-14H,4-6H2,1-3H3. The molecule has 1 heterocycles. The van der Waals surface area contributed by atoms with Crippen molar-refractivity contribution in [2.24, 2.45) is 0 Å². The SMILES string of the molecule is CSC1CCCC1NC(C)c1ccc(C)s1. The fraction of sp³-hybridized carbons (Fsp3) is 0.692. The second kappa shape index (κ2) is 5.56. The van der Waals surface area contributed by atoms with Crippen LogP contribution in [0.25, 0.3) is 0 Å². The van der Waals surface area contributed by atoms with Gasteiger partial charge in [-0.3, -0.25) is 0 Å². The lowest BCUT2D eigenvalue weighted by molar-refractivity contribution is 0.472. The Hall–Kier alpha value is 0.01000. The quantitative estimate of drug-likeness (QED) is 0.873. The normalized spacial score (nSPS) is 27.2. The third-order valence-corrected chi connectivity index (χ3v) is 5.76. The third-order valence-electron chi connectivity index (χ3n) is 3.41. The molecule has 0 saturated heterocycles. The number of rotatable bonds is 4. The smallest absolute Gasteiger partial charge is 0.0388 e.